The monoisotopic (exact) mass is 323 g/mol. The molecule has 2 aromatic rings. The van der Waals surface area contributed by atoms with Gasteiger partial charge >= 0.3 is 5.97 Å². The summed E-state index contributed by atoms with van der Waals surface area (Å²) < 4.78 is 22.7. The van der Waals surface area contributed by atoms with E-state index in [-0.39, 0.29) is 5.02 Å². The number of carbonyl (C=O) groups excluding carboxylic acids is 2. The third kappa shape index (κ3) is 4.75. The van der Waals surface area contributed by atoms with Gasteiger partial charge < -0.3 is 14.5 Å². The van der Waals surface area contributed by atoms with E-state index in [1.165, 1.54) is 24.5 Å². The van der Waals surface area contributed by atoms with Gasteiger partial charge in [-0.15, -0.1) is 0 Å². The largest absolute Gasteiger partial charge is 0.465 e. The molecule has 114 valence electrons. The van der Waals surface area contributed by atoms with Gasteiger partial charge in [0.25, 0.3) is 5.91 Å². The summed E-state index contributed by atoms with van der Waals surface area (Å²) in [6, 6.07) is 7.06. The van der Waals surface area contributed by atoms with Gasteiger partial charge in [0.05, 0.1) is 11.3 Å². The van der Waals surface area contributed by atoms with Crippen molar-refractivity contribution in [3.05, 3.63) is 59.3 Å². The number of anilines is 1. The second kappa shape index (κ2) is 7.42. The molecule has 0 saturated heterocycles. The smallest absolute Gasteiger partial charge is 0.331 e. The highest BCUT2D eigenvalue weighted by Crippen LogP contribution is 2.19. The predicted molar refractivity (Wildman–Crippen MR) is 78.7 cm³/mol. The Morgan fingerprint density at radius 1 is 1.36 bits per heavy atom. The molecular weight excluding hydrogens is 313 g/mol. The van der Waals surface area contributed by atoms with Crippen molar-refractivity contribution in [1.82, 2.24) is 0 Å². The van der Waals surface area contributed by atoms with E-state index in [9.17, 15) is 14.0 Å². The van der Waals surface area contributed by atoms with Crippen molar-refractivity contribution >= 4 is 35.2 Å². The first-order chi connectivity index (χ1) is 10.5. The molecule has 1 amide bonds. The van der Waals surface area contributed by atoms with Crippen LogP contribution in [0.25, 0.3) is 6.08 Å². The number of ether oxygens (including phenoxy) is 1. The molecule has 0 radical (unpaired) electrons. The highest BCUT2D eigenvalue weighted by Gasteiger charge is 2.07. The number of rotatable bonds is 5. The van der Waals surface area contributed by atoms with Crippen molar-refractivity contribution < 1.29 is 23.1 Å². The molecule has 1 N–H and O–H groups in total. The Morgan fingerprint density at radius 2 is 2.18 bits per heavy atom. The number of amides is 1. The number of esters is 1. The lowest BCUT2D eigenvalue weighted by atomic mass is 10.3. The van der Waals surface area contributed by atoms with Gasteiger partial charge in [0.2, 0.25) is 0 Å². The van der Waals surface area contributed by atoms with E-state index >= 15 is 0 Å². The molecule has 7 heteroatoms. The van der Waals surface area contributed by atoms with Crippen LogP contribution in [0.3, 0.4) is 0 Å². The molecule has 0 atom stereocenters. The van der Waals surface area contributed by atoms with Gasteiger partial charge in [0, 0.05) is 11.8 Å². The number of hydrogen-bond acceptors (Lipinski definition) is 4. The molecule has 5 nitrogen and oxygen atoms in total. The number of hydrogen-bond donors (Lipinski definition) is 1. The SMILES string of the molecule is O=C(COC(=O)/C=C/c1ccco1)Nc1ccc(F)c(Cl)c1. The Bertz CT molecular complexity index is 698. The highest BCUT2D eigenvalue weighted by molar-refractivity contribution is 6.31. The Morgan fingerprint density at radius 3 is 2.86 bits per heavy atom. The van der Waals surface area contributed by atoms with Gasteiger partial charge in [0.1, 0.15) is 11.6 Å². The molecule has 0 aliphatic rings. The van der Waals surface area contributed by atoms with Crippen molar-refractivity contribution in [1.29, 1.82) is 0 Å². The molecule has 0 bridgehead atoms. The highest BCUT2D eigenvalue weighted by atomic mass is 35.5. The number of furan rings is 1. The second-order valence-electron chi connectivity index (χ2n) is 4.13. The van der Waals surface area contributed by atoms with Crippen LogP contribution >= 0.6 is 11.6 Å². The molecular formula is C15H11ClFNO4. The van der Waals surface area contributed by atoms with E-state index in [2.05, 4.69) is 5.32 Å². The Hall–Kier alpha value is -2.60. The summed E-state index contributed by atoms with van der Waals surface area (Å²) in [7, 11) is 0. The quantitative estimate of drug-likeness (QED) is 0.677. The zero-order valence-electron chi connectivity index (χ0n) is 11.2. The molecule has 22 heavy (non-hydrogen) atoms. The minimum atomic E-state index is -0.691. The van der Waals surface area contributed by atoms with Gasteiger partial charge in [-0.25, -0.2) is 9.18 Å². The molecule has 0 aliphatic heterocycles. The van der Waals surface area contributed by atoms with Gasteiger partial charge in [-0.05, 0) is 36.4 Å². The summed E-state index contributed by atoms with van der Waals surface area (Å²) in [5.41, 5.74) is 0.304. The summed E-state index contributed by atoms with van der Waals surface area (Å²) >= 11 is 5.59. The van der Waals surface area contributed by atoms with Gasteiger partial charge in [0.15, 0.2) is 6.61 Å². The molecule has 2 rings (SSSR count). The van der Waals surface area contributed by atoms with Crippen molar-refractivity contribution in [3.63, 3.8) is 0 Å². The molecule has 1 aromatic heterocycles. The number of nitrogens with one attached hydrogen (secondary N) is 1. The summed E-state index contributed by atoms with van der Waals surface area (Å²) in [4.78, 5) is 23.0. The van der Waals surface area contributed by atoms with Crippen molar-refractivity contribution in [2.24, 2.45) is 0 Å². The number of halogens is 2. The lowest BCUT2D eigenvalue weighted by Crippen LogP contribution is -2.20. The first-order valence-electron chi connectivity index (χ1n) is 6.18. The molecule has 0 fully saturated rings. The molecule has 1 heterocycles. The van der Waals surface area contributed by atoms with Gasteiger partial charge in [-0.1, -0.05) is 11.6 Å². The van der Waals surface area contributed by atoms with Crippen LogP contribution in [0.15, 0.2) is 47.1 Å². The molecule has 0 saturated carbocycles. The molecule has 0 unspecified atom stereocenters. The molecule has 1 aromatic carbocycles. The standard InChI is InChI=1S/C15H11ClFNO4/c16-12-8-10(3-5-13(12)17)18-14(19)9-22-15(20)6-4-11-2-1-7-21-11/h1-8H,9H2,(H,18,19)/b6-4+. The third-order valence-corrected chi connectivity index (χ3v) is 2.77. The van der Waals surface area contributed by atoms with Crippen LogP contribution < -0.4 is 5.32 Å². The average Bonchev–Trinajstić information content (AvgIpc) is 3.00. The summed E-state index contributed by atoms with van der Waals surface area (Å²) in [6.07, 6.45) is 4.02. The third-order valence-electron chi connectivity index (χ3n) is 2.48. The lowest BCUT2D eigenvalue weighted by molar-refractivity contribution is -0.142. The first kappa shape index (κ1) is 15.8. The maximum Gasteiger partial charge on any atom is 0.331 e. The van der Waals surface area contributed by atoms with Gasteiger partial charge in [-0.3, -0.25) is 4.79 Å². The van der Waals surface area contributed by atoms with E-state index in [1.807, 2.05) is 0 Å². The molecule has 0 aliphatic carbocycles. The Labute approximate surface area is 130 Å². The topological polar surface area (TPSA) is 68.5 Å². The van der Waals surface area contributed by atoms with Crippen LogP contribution in [-0.4, -0.2) is 18.5 Å². The number of carbonyl (C=O) groups is 2. The normalized spacial score (nSPS) is 10.6. The molecule has 0 spiro atoms. The fourth-order valence-corrected chi connectivity index (χ4v) is 1.67. The lowest BCUT2D eigenvalue weighted by Gasteiger charge is -2.06. The maximum atomic E-state index is 13.0. The van der Waals surface area contributed by atoms with Crippen LogP contribution in [0.1, 0.15) is 5.76 Å². The first-order valence-corrected chi connectivity index (χ1v) is 6.55. The zero-order chi connectivity index (χ0) is 15.9. The summed E-state index contributed by atoms with van der Waals surface area (Å²) in [5, 5.41) is 2.31. The zero-order valence-corrected chi connectivity index (χ0v) is 12.0. The van der Waals surface area contributed by atoms with E-state index in [0.717, 1.165) is 12.1 Å². The summed E-state index contributed by atoms with van der Waals surface area (Å²) in [5.74, 6) is -1.36. The van der Waals surface area contributed by atoms with E-state index in [0.29, 0.717) is 11.4 Å². The van der Waals surface area contributed by atoms with Crippen molar-refractivity contribution in [2.75, 3.05) is 11.9 Å². The number of benzene rings is 1. The predicted octanol–water partition coefficient (Wildman–Crippen LogP) is 3.27. The van der Waals surface area contributed by atoms with Crippen LogP contribution in [0.5, 0.6) is 0 Å². The van der Waals surface area contributed by atoms with Crippen LogP contribution in [0.4, 0.5) is 10.1 Å². The Balaban J connectivity index is 1.79. The van der Waals surface area contributed by atoms with Crippen LogP contribution in [0.2, 0.25) is 5.02 Å². The van der Waals surface area contributed by atoms with E-state index in [4.69, 9.17) is 20.8 Å². The second-order valence-corrected chi connectivity index (χ2v) is 4.54. The van der Waals surface area contributed by atoms with E-state index < -0.39 is 24.3 Å². The van der Waals surface area contributed by atoms with Crippen LogP contribution in [0, 0.1) is 5.82 Å². The minimum absolute atomic E-state index is 0.115. The average molecular weight is 324 g/mol. The van der Waals surface area contributed by atoms with Crippen LogP contribution in [-0.2, 0) is 14.3 Å². The summed E-state index contributed by atoms with van der Waals surface area (Å²) in [6.45, 7) is -0.476. The van der Waals surface area contributed by atoms with Gasteiger partial charge in [-0.2, -0.15) is 0 Å². The Kier molecular flexibility index (Phi) is 5.32. The fourth-order valence-electron chi connectivity index (χ4n) is 1.49. The van der Waals surface area contributed by atoms with E-state index in [1.54, 1.807) is 12.1 Å². The fraction of sp³-hybridized carbons (Fsp3) is 0.0667. The maximum absolute atomic E-state index is 13.0. The van der Waals surface area contributed by atoms with Crippen molar-refractivity contribution in [3.8, 4) is 0 Å². The van der Waals surface area contributed by atoms with Crippen molar-refractivity contribution in [2.45, 2.75) is 0 Å². The minimum Gasteiger partial charge on any atom is -0.465 e.